The second-order valence-corrected chi connectivity index (χ2v) is 8.82. The molecule has 2 aromatic carbocycles. The van der Waals surface area contributed by atoms with Gasteiger partial charge in [-0.3, -0.25) is 9.69 Å². The first-order valence-electron chi connectivity index (χ1n) is 9.35. The molecule has 0 N–H and O–H groups in total. The summed E-state index contributed by atoms with van der Waals surface area (Å²) in [5.41, 5.74) is 0.939. The van der Waals surface area contributed by atoms with Crippen molar-refractivity contribution in [3.8, 4) is 11.5 Å². The van der Waals surface area contributed by atoms with Crippen molar-refractivity contribution >= 4 is 56.8 Å². The molecule has 0 spiro atoms. The molecule has 2 heterocycles. The van der Waals surface area contributed by atoms with Crippen molar-refractivity contribution in [2.45, 2.75) is 11.0 Å². The first-order valence-corrected chi connectivity index (χ1v) is 11.4. The molecule has 1 aliphatic heterocycles. The number of hydrogen-bond donors (Lipinski definition) is 0. The van der Waals surface area contributed by atoms with Crippen molar-refractivity contribution in [3.05, 3.63) is 42.5 Å². The van der Waals surface area contributed by atoms with Crippen LogP contribution < -0.4 is 14.4 Å². The average Bonchev–Trinajstić information content (AvgIpc) is 3.17. The van der Waals surface area contributed by atoms with E-state index in [0.717, 1.165) is 21.7 Å². The summed E-state index contributed by atoms with van der Waals surface area (Å²) in [6.07, 6.45) is 1.34. The van der Waals surface area contributed by atoms with Gasteiger partial charge in [-0.15, -0.1) is 24.2 Å². The van der Waals surface area contributed by atoms with E-state index >= 15 is 0 Å². The Bertz CT molecular complexity index is 1030. The number of carbonyl (C=O) groups excluding carboxylic acids is 1. The van der Waals surface area contributed by atoms with E-state index in [0.29, 0.717) is 23.2 Å². The molecule has 3 aromatic rings. The van der Waals surface area contributed by atoms with Gasteiger partial charge in [-0.05, 0) is 44.6 Å². The zero-order chi connectivity index (χ0) is 20.4. The number of para-hydroxylation sites is 3. The summed E-state index contributed by atoms with van der Waals surface area (Å²) in [5, 5.41) is 0.691. The molecule has 0 radical (unpaired) electrons. The van der Waals surface area contributed by atoms with Crippen LogP contribution in [0.15, 0.2) is 47.4 Å². The lowest BCUT2D eigenvalue weighted by atomic mass is 10.2. The van der Waals surface area contributed by atoms with Crippen LogP contribution in [0.5, 0.6) is 11.5 Å². The minimum Gasteiger partial charge on any atom is -0.485 e. The van der Waals surface area contributed by atoms with E-state index in [9.17, 15) is 4.79 Å². The topological polar surface area (TPSA) is 54.9 Å². The minimum absolute atomic E-state index is 0. The van der Waals surface area contributed by atoms with E-state index in [1.54, 1.807) is 16.7 Å². The van der Waals surface area contributed by atoms with Crippen LogP contribution in [-0.2, 0) is 4.79 Å². The van der Waals surface area contributed by atoms with Crippen LogP contribution in [0.25, 0.3) is 10.2 Å². The van der Waals surface area contributed by atoms with Gasteiger partial charge in [0.1, 0.15) is 6.61 Å². The zero-order valence-corrected chi connectivity index (χ0v) is 19.5. The molecule has 0 saturated carbocycles. The van der Waals surface area contributed by atoms with Gasteiger partial charge in [-0.1, -0.05) is 29.5 Å². The molecule has 0 saturated heterocycles. The molecular weight excluding hydrogens is 442 g/mol. The van der Waals surface area contributed by atoms with Crippen LogP contribution in [-0.4, -0.2) is 61.9 Å². The number of nitrogens with zero attached hydrogens (tertiary/aromatic N) is 3. The summed E-state index contributed by atoms with van der Waals surface area (Å²) < 4.78 is 12.8. The fraction of sp³-hybridized carbons (Fsp3) is 0.333. The van der Waals surface area contributed by atoms with Gasteiger partial charge < -0.3 is 14.4 Å². The van der Waals surface area contributed by atoms with Crippen molar-refractivity contribution in [1.82, 2.24) is 9.88 Å². The Morgan fingerprint density at radius 3 is 2.67 bits per heavy atom. The molecule has 9 heteroatoms. The van der Waals surface area contributed by atoms with E-state index in [1.165, 1.54) is 11.3 Å². The molecule has 0 bridgehead atoms. The third kappa shape index (κ3) is 4.67. The molecule has 30 heavy (non-hydrogen) atoms. The summed E-state index contributed by atoms with van der Waals surface area (Å²) in [7, 11) is 3.98. The number of likely N-dealkylation sites (N-methyl/N-ethyl adjacent to an activating group) is 1. The lowest BCUT2D eigenvalue weighted by molar-refractivity contribution is -0.127. The smallest absolute Gasteiger partial charge is 0.273 e. The maximum absolute atomic E-state index is 13.4. The van der Waals surface area contributed by atoms with Gasteiger partial charge in [0.05, 0.1) is 10.2 Å². The van der Waals surface area contributed by atoms with Crippen LogP contribution in [0.1, 0.15) is 0 Å². The van der Waals surface area contributed by atoms with Gasteiger partial charge in [0.2, 0.25) is 6.10 Å². The number of halogens is 1. The van der Waals surface area contributed by atoms with Crippen molar-refractivity contribution in [2.75, 3.05) is 44.9 Å². The highest BCUT2D eigenvalue weighted by Gasteiger charge is 2.33. The molecule has 0 aliphatic carbocycles. The lowest BCUT2D eigenvalue weighted by Crippen LogP contribution is -2.48. The lowest BCUT2D eigenvalue weighted by Gasteiger charge is -2.30. The number of ether oxygens (including phenoxy) is 2. The Morgan fingerprint density at radius 1 is 1.17 bits per heavy atom. The predicted octanol–water partition coefficient (Wildman–Crippen LogP) is 4.17. The van der Waals surface area contributed by atoms with Crippen LogP contribution in [0.3, 0.4) is 0 Å². The first kappa shape index (κ1) is 22.7. The minimum atomic E-state index is -0.695. The second kappa shape index (κ2) is 9.87. The molecule has 1 atom stereocenters. The normalized spacial score (nSPS) is 15.1. The number of amides is 1. The quantitative estimate of drug-likeness (QED) is 0.509. The molecule has 6 nitrogen and oxygen atoms in total. The standard InChI is InChI=1S/C21H23N3O3S2.ClH/c1-23(2)11-12-24(21-22-19-17(28-3)9-6-10-18(19)29-21)20(25)16-13-26-14-7-4-5-8-15(14)27-16;/h4-10,16H,11-13H2,1-3H3;1H. The Balaban J connectivity index is 0.00000256. The third-order valence-electron chi connectivity index (χ3n) is 4.64. The number of thiazole rings is 1. The highest BCUT2D eigenvalue weighted by Crippen LogP contribution is 2.35. The number of thioether (sulfide) groups is 1. The van der Waals surface area contributed by atoms with Crippen LogP contribution in [0.2, 0.25) is 0 Å². The Kier molecular flexibility index (Phi) is 7.46. The number of fused-ring (bicyclic) bond motifs is 2. The molecule has 1 amide bonds. The fourth-order valence-electron chi connectivity index (χ4n) is 3.11. The van der Waals surface area contributed by atoms with Crippen molar-refractivity contribution in [2.24, 2.45) is 0 Å². The highest BCUT2D eigenvalue weighted by atomic mass is 35.5. The molecule has 4 rings (SSSR count). The number of aromatic nitrogens is 1. The van der Waals surface area contributed by atoms with E-state index in [4.69, 9.17) is 14.5 Å². The molecular formula is C21H24ClN3O3S2. The molecule has 1 unspecified atom stereocenters. The van der Waals surface area contributed by atoms with Crippen LogP contribution >= 0.6 is 35.5 Å². The maximum atomic E-state index is 13.4. The summed E-state index contributed by atoms with van der Waals surface area (Å²) in [5.74, 6) is 1.13. The number of benzene rings is 2. The number of rotatable bonds is 6. The molecule has 0 fully saturated rings. The van der Waals surface area contributed by atoms with E-state index in [1.807, 2.05) is 56.7 Å². The summed E-state index contributed by atoms with van der Waals surface area (Å²) in [6.45, 7) is 1.44. The second-order valence-electron chi connectivity index (χ2n) is 6.96. The van der Waals surface area contributed by atoms with Crippen molar-refractivity contribution < 1.29 is 14.3 Å². The van der Waals surface area contributed by atoms with E-state index in [-0.39, 0.29) is 24.9 Å². The Labute approximate surface area is 190 Å². The largest absolute Gasteiger partial charge is 0.485 e. The summed E-state index contributed by atoms with van der Waals surface area (Å²) in [6, 6.07) is 13.5. The van der Waals surface area contributed by atoms with Gasteiger partial charge in [-0.2, -0.15) is 0 Å². The fourth-order valence-corrected chi connectivity index (χ4v) is 4.76. The van der Waals surface area contributed by atoms with Gasteiger partial charge in [0, 0.05) is 18.0 Å². The Hall–Kier alpha value is -2.00. The third-order valence-corrected chi connectivity index (χ3v) is 6.46. The van der Waals surface area contributed by atoms with Gasteiger partial charge in [-0.25, -0.2) is 4.98 Å². The SMILES string of the molecule is CSc1cccc2sc(N(CCN(C)C)C(=O)C3COc4ccccc4O3)nc12.Cl. The van der Waals surface area contributed by atoms with Gasteiger partial charge >= 0.3 is 0 Å². The molecule has 1 aliphatic rings. The van der Waals surface area contributed by atoms with Crippen molar-refractivity contribution in [1.29, 1.82) is 0 Å². The molecule has 160 valence electrons. The zero-order valence-electron chi connectivity index (χ0n) is 17.0. The maximum Gasteiger partial charge on any atom is 0.273 e. The summed E-state index contributed by atoms with van der Waals surface area (Å²) >= 11 is 3.19. The Morgan fingerprint density at radius 2 is 1.93 bits per heavy atom. The highest BCUT2D eigenvalue weighted by molar-refractivity contribution is 7.98. The van der Waals surface area contributed by atoms with E-state index < -0.39 is 6.10 Å². The van der Waals surface area contributed by atoms with Gasteiger partial charge in [0.15, 0.2) is 16.6 Å². The molecule has 1 aromatic heterocycles. The van der Waals surface area contributed by atoms with E-state index in [2.05, 4.69) is 11.0 Å². The van der Waals surface area contributed by atoms with Gasteiger partial charge in [0.25, 0.3) is 5.91 Å². The van der Waals surface area contributed by atoms with Crippen LogP contribution in [0, 0.1) is 0 Å². The average molecular weight is 466 g/mol. The number of anilines is 1. The number of carbonyl (C=O) groups is 1. The first-order chi connectivity index (χ1) is 14.1. The predicted molar refractivity (Wildman–Crippen MR) is 126 cm³/mol. The van der Waals surface area contributed by atoms with Crippen molar-refractivity contribution in [3.63, 3.8) is 0 Å². The monoisotopic (exact) mass is 465 g/mol. The number of hydrogen-bond acceptors (Lipinski definition) is 7. The van der Waals surface area contributed by atoms with Crippen LogP contribution in [0.4, 0.5) is 5.13 Å². The summed E-state index contributed by atoms with van der Waals surface area (Å²) in [4.78, 5) is 23.1.